The van der Waals surface area contributed by atoms with E-state index in [0.717, 1.165) is 36.9 Å². The second-order valence-corrected chi connectivity index (χ2v) is 9.04. The van der Waals surface area contributed by atoms with Crippen molar-refractivity contribution in [1.82, 2.24) is 9.55 Å². The summed E-state index contributed by atoms with van der Waals surface area (Å²) in [6.07, 6.45) is 7.36. The number of fused-ring (bicyclic) bond motifs is 3. The highest BCUT2D eigenvalue weighted by molar-refractivity contribution is 5.69. The molecule has 1 aliphatic heterocycles. The molecule has 5 aliphatic rings. The van der Waals surface area contributed by atoms with Crippen LogP contribution in [0.5, 0.6) is 0 Å². The number of imidazole rings is 1. The molecule has 2 N–H and O–H groups in total. The minimum atomic E-state index is -0.476. The molecule has 0 saturated heterocycles. The summed E-state index contributed by atoms with van der Waals surface area (Å²) in [4.78, 5) is 4.24. The molecule has 5 heteroatoms. The molecule has 7 rings (SSSR count). The molecule has 4 fully saturated rings. The van der Waals surface area contributed by atoms with E-state index in [4.69, 9.17) is 0 Å². The highest BCUT2D eigenvalue weighted by atomic mass is 19.1. The Morgan fingerprint density at radius 1 is 1.27 bits per heavy atom. The van der Waals surface area contributed by atoms with E-state index in [1.165, 1.54) is 6.07 Å². The quantitative estimate of drug-likeness (QED) is 0.890. The summed E-state index contributed by atoms with van der Waals surface area (Å²) in [6, 6.07) is 4.98. The summed E-state index contributed by atoms with van der Waals surface area (Å²) in [5, 5.41) is 21.7. The van der Waals surface area contributed by atoms with Gasteiger partial charge in [-0.25, -0.2) is 9.37 Å². The molecule has 136 valence electrons. The number of aromatic nitrogens is 2. The number of nitrogens with zero attached hydrogens (tertiary/aromatic N) is 2. The van der Waals surface area contributed by atoms with Gasteiger partial charge in [-0.05, 0) is 61.3 Å². The first-order valence-electron chi connectivity index (χ1n) is 9.74. The number of hydrogen-bond acceptors (Lipinski definition) is 3. The van der Waals surface area contributed by atoms with Crippen molar-refractivity contribution in [2.45, 2.75) is 50.4 Å². The van der Waals surface area contributed by atoms with Gasteiger partial charge in [-0.1, -0.05) is 12.1 Å². The Bertz CT molecular complexity index is 892. The Hall–Kier alpha value is -1.72. The number of benzene rings is 1. The van der Waals surface area contributed by atoms with Crippen molar-refractivity contribution < 1.29 is 14.6 Å². The first-order valence-corrected chi connectivity index (χ1v) is 9.74. The first-order chi connectivity index (χ1) is 12.6. The van der Waals surface area contributed by atoms with Crippen molar-refractivity contribution in [3.8, 4) is 11.3 Å². The van der Waals surface area contributed by atoms with E-state index in [9.17, 15) is 14.6 Å². The van der Waals surface area contributed by atoms with E-state index in [2.05, 4.69) is 4.98 Å². The second kappa shape index (κ2) is 4.96. The Kier molecular flexibility index (Phi) is 2.93. The van der Waals surface area contributed by atoms with E-state index in [-0.39, 0.29) is 23.4 Å². The Balaban J connectivity index is 1.35. The maximum atomic E-state index is 14.6. The molecular weight excluding hydrogens is 331 g/mol. The van der Waals surface area contributed by atoms with E-state index < -0.39 is 6.10 Å². The van der Waals surface area contributed by atoms with Gasteiger partial charge >= 0.3 is 0 Å². The molecule has 4 nitrogen and oxygen atoms in total. The van der Waals surface area contributed by atoms with Crippen LogP contribution >= 0.6 is 0 Å². The second-order valence-electron chi connectivity index (χ2n) is 9.04. The maximum Gasteiger partial charge on any atom is 0.129 e. The Morgan fingerprint density at radius 2 is 2.12 bits per heavy atom. The fourth-order valence-corrected chi connectivity index (χ4v) is 6.92. The highest BCUT2D eigenvalue weighted by Gasteiger charge is 2.62. The topological polar surface area (TPSA) is 58.3 Å². The van der Waals surface area contributed by atoms with Crippen LogP contribution in [0.1, 0.15) is 43.7 Å². The monoisotopic (exact) mass is 354 g/mol. The zero-order chi connectivity index (χ0) is 17.6. The van der Waals surface area contributed by atoms with Gasteiger partial charge in [-0.15, -0.1) is 0 Å². The average Bonchev–Trinajstić information content (AvgIpc) is 3.32. The molecule has 1 aromatic carbocycles. The normalized spacial score (nSPS) is 40.0. The van der Waals surface area contributed by atoms with Gasteiger partial charge in [0, 0.05) is 11.1 Å². The van der Waals surface area contributed by atoms with Crippen LogP contribution in [0.3, 0.4) is 0 Å². The number of hydrogen-bond donors (Lipinski definition) is 2. The fraction of sp³-hybridized carbons (Fsp3) is 0.571. The predicted molar refractivity (Wildman–Crippen MR) is 93.8 cm³/mol. The summed E-state index contributed by atoms with van der Waals surface area (Å²) in [7, 11) is 0. The van der Waals surface area contributed by atoms with Crippen molar-refractivity contribution in [2.24, 2.45) is 23.2 Å². The van der Waals surface area contributed by atoms with Crippen molar-refractivity contribution in [3.05, 3.63) is 42.1 Å². The maximum absolute atomic E-state index is 14.6. The molecule has 26 heavy (non-hydrogen) atoms. The molecule has 1 aromatic heterocycles. The molecule has 7 unspecified atom stereocenters. The van der Waals surface area contributed by atoms with E-state index >= 15 is 0 Å². The number of halogens is 1. The molecule has 4 bridgehead atoms. The largest absolute Gasteiger partial charge is 0.393 e. The minimum absolute atomic E-state index is 0.0910. The molecule has 2 heterocycles. The summed E-state index contributed by atoms with van der Waals surface area (Å²) >= 11 is 0. The van der Waals surface area contributed by atoms with E-state index in [1.54, 1.807) is 18.6 Å². The van der Waals surface area contributed by atoms with Crippen LogP contribution in [0.15, 0.2) is 30.7 Å². The van der Waals surface area contributed by atoms with Crippen molar-refractivity contribution in [3.63, 3.8) is 0 Å². The van der Waals surface area contributed by atoms with Gasteiger partial charge in [0.2, 0.25) is 0 Å². The third kappa shape index (κ3) is 1.78. The summed E-state index contributed by atoms with van der Waals surface area (Å²) in [5.74, 6) is 1.07. The van der Waals surface area contributed by atoms with E-state index in [0.29, 0.717) is 29.7 Å². The minimum Gasteiger partial charge on any atom is -0.393 e. The Labute approximate surface area is 151 Å². The van der Waals surface area contributed by atoms with Gasteiger partial charge in [0.05, 0.1) is 36.5 Å². The van der Waals surface area contributed by atoms with Crippen LogP contribution < -0.4 is 0 Å². The summed E-state index contributed by atoms with van der Waals surface area (Å²) in [6.45, 7) is 0. The molecule has 7 atom stereocenters. The highest BCUT2D eigenvalue weighted by Crippen LogP contribution is 2.66. The molecule has 0 spiro atoms. The zero-order valence-corrected chi connectivity index (χ0v) is 14.6. The first kappa shape index (κ1) is 15.3. The van der Waals surface area contributed by atoms with Crippen LogP contribution in [0.25, 0.3) is 11.3 Å². The van der Waals surface area contributed by atoms with Gasteiger partial charge in [-0.3, -0.25) is 0 Å². The number of aliphatic hydroxyl groups excluding tert-OH is 2. The predicted octanol–water partition coefficient (Wildman–Crippen LogP) is 3.14. The molecular formula is C21H23FN2O2. The van der Waals surface area contributed by atoms with Crippen LogP contribution in [-0.4, -0.2) is 32.0 Å². The number of rotatable bonds is 3. The van der Waals surface area contributed by atoms with Crippen LogP contribution in [0, 0.1) is 29.0 Å². The number of aliphatic hydroxyl groups is 2. The van der Waals surface area contributed by atoms with Crippen molar-refractivity contribution in [1.29, 1.82) is 0 Å². The lowest BCUT2D eigenvalue weighted by molar-refractivity contribution is -0.0586. The van der Waals surface area contributed by atoms with Gasteiger partial charge < -0.3 is 14.8 Å². The molecule has 0 radical (unpaired) electrons. The van der Waals surface area contributed by atoms with E-state index in [1.807, 2.05) is 10.6 Å². The molecule has 2 aromatic rings. The zero-order valence-electron chi connectivity index (χ0n) is 14.6. The fourth-order valence-electron chi connectivity index (χ4n) is 6.92. The van der Waals surface area contributed by atoms with Crippen LogP contribution in [0.4, 0.5) is 4.39 Å². The van der Waals surface area contributed by atoms with Crippen LogP contribution in [-0.2, 0) is 0 Å². The smallest absolute Gasteiger partial charge is 0.129 e. The summed E-state index contributed by atoms with van der Waals surface area (Å²) < 4.78 is 16.6. The van der Waals surface area contributed by atoms with Gasteiger partial charge in [0.15, 0.2) is 0 Å². The third-order valence-electron chi connectivity index (χ3n) is 7.93. The lowest BCUT2D eigenvalue weighted by Gasteiger charge is -2.44. The van der Waals surface area contributed by atoms with Gasteiger partial charge in [0.25, 0.3) is 0 Å². The van der Waals surface area contributed by atoms with Crippen molar-refractivity contribution in [2.75, 3.05) is 0 Å². The SMILES string of the molecule is OC1C2CC3CC(C(O)CC4c5c(F)cccc5-c5cncn54)(C2)CC31. The lowest BCUT2D eigenvalue weighted by atomic mass is 9.64. The Morgan fingerprint density at radius 3 is 2.92 bits per heavy atom. The van der Waals surface area contributed by atoms with Gasteiger partial charge in [0.1, 0.15) is 5.82 Å². The molecule has 0 amide bonds. The lowest BCUT2D eigenvalue weighted by Crippen LogP contribution is -2.43. The molecule has 4 aliphatic carbocycles. The standard InChI is InChI=1S/C21H23FN2O2/c22-15-3-1-2-13-17-9-23-10-24(17)16(19(13)15)5-18(25)21-6-11-4-12(7-21)20(26)14(11)8-21/h1-3,9-12,14,16,18,20,25-26H,4-8H2. The van der Waals surface area contributed by atoms with Gasteiger partial charge in [-0.2, -0.15) is 0 Å². The van der Waals surface area contributed by atoms with Crippen LogP contribution in [0.2, 0.25) is 0 Å². The third-order valence-corrected chi connectivity index (χ3v) is 7.93. The average molecular weight is 354 g/mol. The molecule has 4 saturated carbocycles. The van der Waals surface area contributed by atoms with Crippen molar-refractivity contribution >= 4 is 0 Å². The summed E-state index contributed by atoms with van der Waals surface area (Å²) in [5.41, 5.74) is 2.42.